The molecule has 0 aliphatic heterocycles. The Labute approximate surface area is 141 Å². The summed E-state index contributed by atoms with van der Waals surface area (Å²) in [5, 5.41) is 7.85. The standard InChI is InChI=1S/C19H12F3N3/c20-19(21,22)14-8-4-7-13(11-14)15-9-10-23-18-16(15)17(24-25-18)12-5-2-1-3-6-12/h1-11H,(H,23,24,25). The quantitative estimate of drug-likeness (QED) is 0.538. The molecule has 0 radical (unpaired) electrons. The van der Waals surface area contributed by atoms with Gasteiger partial charge in [-0.05, 0) is 29.3 Å². The normalized spacial score (nSPS) is 11.8. The number of benzene rings is 2. The Morgan fingerprint density at radius 3 is 2.36 bits per heavy atom. The predicted octanol–water partition coefficient (Wildman–Crippen LogP) is 5.31. The zero-order valence-corrected chi connectivity index (χ0v) is 12.9. The molecule has 6 heteroatoms. The van der Waals surface area contributed by atoms with E-state index in [1.54, 1.807) is 18.3 Å². The SMILES string of the molecule is FC(F)(F)c1cccc(-c2ccnc3n[nH]c(-c4ccccc4)c23)c1. The van der Waals surface area contributed by atoms with E-state index in [2.05, 4.69) is 15.2 Å². The van der Waals surface area contributed by atoms with Crippen molar-refractivity contribution in [2.45, 2.75) is 6.18 Å². The molecule has 0 saturated carbocycles. The van der Waals surface area contributed by atoms with Gasteiger partial charge >= 0.3 is 6.18 Å². The average molecular weight is 339 g/mol. The number of nitrogens with zero attached hydrogens (tertiary/aromatic N) is 2. The molecule has 0 unspecified atom stereocenters. The summed E-state index contributed by atoms with van der Waals surface area (Å²) in [5.74, 6) is 0. The van der Waals surface area contributed by atoms with Gasteiger partial charge in [0, 0.05) is 11.8 Å². The Morgan fingerprint density at radius 2 is 1.60 bits per heavy atom. The van der Waals surface area contributed by atoms with Gasteiger partial charge in [0.2, 0.25) is 0 Å². The van der Waals surface area contributed by atoms with Crippen LogP contribution < -0.4 is 0 Å². The highest BCUT2D eigenvalue weighted by Gasteiger charge is 2.30. The summed E-state index contributed by atoms with van der Waals surface area (Å²) >= 11 is 0. The van der Waals surface area contributed by atoms with Crippen molar-refractivity contribution in [3.63, 3.8) is 0 Å². The number of alkyl halides is 3. The molecule has 0 fully saturated rings. The van der Waals surface area contributed by atoms with Gasteiger partial charge in [-0.15, -0.1) is 0 Å². The summed E-state index contributed by atoms with van der Waals surface area (Å²) in [5.41, 5.74) is 2.54. The van der Waals surface area contributed by atoms with Crippen LogP contribution >= 0.6 is 0 Å². The van der Waals surface area contributed by atoms with Crippen LogP contribution in [0.2, 0.25) is 0 Å². The van der Waals surface area contributed by atoms with E-state index in [0.29, 0.717) is 22.2 Å². The van der Waals surface area contributed by atoms with Crippen molar-refractivity contribution in [2.75, 3.05) is 0 Å². The zero-order valence-electron chi connectivity index (χ0n) is 12.9. The lowest BCUT2D eigenvalue weighted by Crippen LogP contribution is -2.04. The number of hydrogen-bond donors (Lipinski definition) is 1. The molecule has 4 aromatic rings. The molecule has 0 spiro atoms. The largest absolute Gasteiger partial charge is 0.416 e. The number of aromatic nitrogens is 3. The van der Waals surface area contributed by atoms with Crippen LogP contribution in [-0.2, 0) is 6.18 Å². The molecular formula is C19H12F3N3. The lowest BCUT2D eigenvalue weighted by molar-refractivity contribution is -0.137. The first kappa shape index (κ1) is 15.4. The molecule has 0 bridgehead atoms. The van der Waals surface area contributed by atoms with Crippen LogP contribution in [0.4, 0.5) is 13.2 Å². The van der Waals surface area contributed by atoms with E-state index in [0.717, 1.165) is 23.4 Å². The Kier molecular flexibility index (Phi) is 3.53. The fourth-order valence-corrected chi connectivity index (χ4v) is 2.86. The van der Waals surface area contributed by atoms with Gasteiger partial charge in [0.1, 0.15) is 0 Å². The summed E-state index contributed by atoms with van der Waals surface area (Å²) in [6, 6.07) is 16.5. The third kappa shape index (κ3) is 2.76. The second-order valence-corrected chi connectivity index (χ2v) is 5.60. The van der Waals surface area contributed by atoms with Gasteiger partial charge in [0.15, 0.2) is 5.65 Å². The molecule has 2 aromatic heterocycles. The van der Waals surface area contributed by atoms with Crippen molar-refractivity contribution in [1.29, 1.82) is 0 Å². The highest BCUT2D eigenvalue weighted by Crippen LogP contribution is 2.36. The fraction of sp³-hybridized carbons (Fsp3) is 0.0526. The molecule has 124 valence electrons. The molecule has 0 saturated heterocycles. The van der Waals surface area contributed by atoms with Crippen LogP contribution in [-0.4, -0.2) is 15.2 Å². The van der Waals surface area contributed by atoms with E-state index < -0.39 is 11.7 Å². The second kappa shape index (κ2) is 5.73. The van der Waals surface area contributed by atoms with Crippen molar-refractivity contribution >= 4 is 11.0 Å². The van der Waals surface area contributed by atoms with Gasteiger partial charge in [-0.25, -0.2) is 4.98 Å². The van der Waals surface area contributed by atoms with Crippen molar-refractivity contribution < 1.29 is 13.2 Å². The number of hydrogen-bond acceptors (Lipinski definition) is 2. The van der Waals surface area contributed by atoms with E-state index in [1.807, 2.05) is 30.3 Å². The molecule has 2 heterocycles. The minimum Gasteiger partial charge on any atom is -0.275 e. The number of fused-ring (bicyclic) bond motifs is 1. The Balaban J connectivity index is 1.96. The summed E-state index contributed by atoms with van der Waals surface area (Å²) in [7, 11) is 0. The van der Waals surface area contributed by atoms with Gasteiger partial charge in [-0.2, -0.15) is 18.3 Å². The number of nitrogens with one attached hydrogen (secondary N) is 1. The van der Waals surface area contributed by atoms with Crippen LogP contribution in [0.1, 0.15) is 5.56 Å². The first-order valence-electron chi connectivity index (χ1n) is 7.60. The Hall–Kier alpha value is -3.15. The van der Waals surface area contributed by atoms with E-state index in [1.165, 1.54) is 6.07 Å². The first-order valence-corrected chi connectivity index (χ1v) is 7.60. The molecule has 4 rings (SSSR count). The van der Waals surface area contributed by atoms with Crippen molar-refractivity contribution in [3.8, 4) is 22.4 Å². The van der Waals surface area contributed by atoms with Crippen LogP contribution in [0, 0.1) is 0 Å². The van der Waals surface area contributed by atoms with Gasteiger partial charge in [0.05, 0.1) is 16.6 Å². The maximum Gasteiger partial charge on any atom is 0.416 e. The fourth-order valence-electron chi connectivity index (χ4n) is 2.86. The van der Waals surface area contributed by atoms with Crippen LogP contribution in [0.3, 0.4) is 0 Å². The van der Waals surface area contributed by atoms with Crippen LogP contribution in [0.25, 0.3) is 33.4 Å². The molecule has 0 amide bonds. The smallest absolute Gasteiger partial charge is 0.275 e. The van der Waals surface area contributed by atoms with Gasteiger partial charge in [-0.3, -0.25) is 5.10 Å². The number of aromatic amines is 1. The highest BCUT2D eigenvalue weighted by atomic mass is 19.4. The minimum absolute atomic E-state index is 0.466. The maximum absolute atomic E-state index is 13.1. The molecule has 0 aliphatic carbocycles. The van der Waals surface area contributed by atoms with Gasteiger partial charge < -0.3 is 0 Å². The number of H-pyrrole nitrogens is 1. The summed E-state index contributed by atoms with van der Waals surface area (Å²) in [4.78, 5) is 4.22. The van der Waals surface area contributed by atoms with Crippen molar-refractivity contribution in [2.24, 2.45) is 0 Å². The predicted molar refractivity (Wildman–Crippen MR) is 89.8 cm³/mol. The molecule has 1 N–H and O–H groups in total. The Morgan fingerprint density at radius 1 is 0.840 bits per heavy atom. The third-order valence-electron chi connectivity index (χ3n) is 4.02. The van der Waals surface area contributed by atoms with Gasteiger partial charge in [-0.1, -0.05) is 42.5 Å². The maximum atomic E-state index is 13.1. The van der Waals surface area contributed by atoms with Crippen LogP contribution in [0.5, 0.6) is 0 Å². The van der Waals surface area contributed by atoms with E-state index in [4.69, 9.17) is 0 Å². The molecule has 0 atom stereocenters. The number of halogens is 3. The Bertz CT molecular complexity index is 1040. The average Bonchev–Trinajstić information content (AvgIpc) is 3.06. The number of rotatable bonds is 2. The number of pyridine rings is 1. The molecule has 2 aromatic carbocycles. The van der Waals surface area contributed by atoms with Crippen LogP contribution in [0.15, 0.2) is 66.9 Å². The summed E-state index contributed by atoms with van der Waals surface area (Å²) < 4.78 is 39.2. The monoisotopic (exact) mass is 339 g/mol. The minimum atomic E-state index is -4.39. The van der Waals surface area contributed by atoms with E-state index >= 15 is 0 Å². The zero-order chi connectivity index (χ0) is 17.4. The third-order valence-corrected chi connectivity index (χ3v) is 4.02. The van der Waals surface area contributed by atoms with Crippen molar-refractivity contribution in [3.05, 3.63) is 72.4 Å². The van der Waals surface area contributed by atoms with Crippen molar-refractivity contribution in [1.82, 2.24) is 15.2 Å². The molecule has 25 heavy (non-hydrogen) atoms. The highest BCUT2D eigenvalue weighted by molar-refractivity contribution is 6.02. The second-order valence-electron chi connectivity index (χ2n) is 5.60. The molecule has 3 nitrogen and oxygen atoms in total. The summed E-state index contributed by atoms with van der Waals surface area (Å²) in [6.07, 6.45) is -2.84. The molecule has 0 aliphatic rings. The summed E-state index contributed by atoms with van der Waals surface area (Å²) in [6.45, 7) is 0. The lowest BCUT2D eigenvalue weighted by atomic mass is 9.98. The first-order chi connectivity index (χ1) is 12.0. The van der Waals surface area contributed by atoms with Gasteiger partial charge in [0.25, 0.3) is 0 Å². The lowest BCUT2D eigenvalue weighted by Gasteiger charge is -2.10. The van der Waals surface area contributed by atoms with E-state index in [9.17, 15) is 13.2 Å². The molecular weight excluding hydrogens is 327 g/mol. The van der Waals surface area contributed by atoms with E-state index in [-0.39, 0.29) is 0 Å². The topological polar surface area (TPSA) is 41.6 Å².